The highest BCUT2D eigenvalue weighted by molar-refractivity contribution is 5.77. The maximum absolute atomic E-state index is 13.1. The van der Waals surface area contributed by atoms with Crippen molar-refractivity contribution in [2.75, 3.05) is 6.61 Å². The monoisotopic (exact) mass is 810 g/mol. The molecule has 0 bridgehead atoms. The van der Waals surface area contributed by atoms with Gasteiger partial charge in [-0.25, -0.2) is 0 Å². The number of amides is 1. The molecule has 0 aliphatic rings. The van der Waals surface area contributed by atoms with Crippen molar-refractivity contribution in [3.63, 3.8) is 0 Å². The number of aliphatic hydroxyl groups is 2. The average Bonchev–Trinajstić information content (AvgIpc) is 3.22. The van der Waals surface area contributed by atoms with Gasteiger partial charge < -0.3 is 20.3 Å². The summed E-state index contributed by atoms with van der Waals surface area (Å²) in [5, 5.41) is 23.7. The van der Waals surface area contributed by atoms with E-state index in [2.05, 4.69) is 99.0 Å². The maximum Gasteiger partial charge on any atom is 0.306 e. The summed E-state index contributed by atoms with van der Waals surface area (Å²) < 4.78 is 5.87. The molecule has 0 radical (unpaired) electrons. The number of aliphatic hydroxyl groups excluding tert-OH is 2. The quantitative estimate of drug-likeness (QED) is 0.0324. The molecule has 0 saturated carbocycles. The number of hydrogen-bond acceptors (Lipinski definition) is 5. The van der Waals surface area contributed by atoms with E-state index in [1.54, 1.807) is 0 Å². The molecule has 0 aliphatic heterocycles. The molecule has 3 atom stereocenters. The third kappa shape index (κ3) is 40.1. The van der Waals surface area contributed by atoms with Crippen molar-refractivity contribution in [3.8, 4) is 0 Å². The summed E-state index contributed by atoms with van der Waals surface area (Å²) in [6, 6.07) is -0.718. The standard InChI is InChI=1S/C52H91NO5/c1-4-7-10-13-16-19-22-24-25-26-27-28-30-33-36-39-42-45-52(57)58-48(43-40-37-34-31-21-18-15-12-9-6-3)46-51(56)53-49(47-54)50(55)44-41-38-35-32-29-23-20-17-14-11-8-5-2/h7,10,16,18-19,21,24-25,27-28,33,36,48-50,54-55H,4-6,8-9,11-15,17,20,22-23,26,29-32,34-35,37-47H2,1-3H3,(H,53,56)/b10-7-,19-16-,21-18-,25-24-,28-27-,36-33-. The molecule has 3 unspecified atom stereocenters. The van der Waals surface area contributed by atoms with E-state index in [1.807, 2.05) is 0 Å². The van der Waals surface area contributed by atoms with Crippen molar-refractivity contribution >= 4 is 11.9 Å². The first kappa shape index (κ1) is 55.3. The Morgan fingerprint density at radius 1 is 0.517 bits per heavy atom. The van der Waals surface area contributed by atoms with Crippen LogP contribution in [-0.2, 0) is 14.3 Å². The van der Waals surface area contributed by atoms with Crippen LogP contribution >= 0.6 is 0 Å². The van der Waals surface area contributed by atoms with Crippen molar-refractivity contribution in [2.24, 2.45) is 0 Å². The molecule has 3 N–H and O–H groups in total. The van der Waals surface area contributed by atoms with Crippen LogP contribution in [0.15, 0.2) is 72.9 Å². The van der Waals surface area contributed by atoms with E-state index < -0.39 is 18.2 Å². The average molecular weight is 810 g/mol. The lowest BCUT2D eigenvalue weighted by Gasteiger charge is -2.24. The van der Waals surface area contributed by atoms with Gasteiger partial charge in [-0.1, -0.05) is 190 Å². The molecule has 334 valence electrons. The van der Waals surface area contributed by atoms with Gasteiger partial charge in [-0.2, -0.15) is 0 Å². The molecular formula is C52H91NO5. The van der Waals surface area contributed by atoms with E-state index in [9.17, 15) is 19.8 Å². The van der Waals surface area contributed by atoms with Crippen LogP contribution in [0, 0.1) is 0 Å². The lowest BCUT2D eigenvalue weighted by atomic mass is 10.0. The number of ether oxygens (including phenoxy) is 1. The van der Waals surface area contributed by atoms with Crippen LogP contribution in [0.25, 0.3) is 0 Å². The van der Waals surface area contributed by atoms with Gasteiger partial charge in [0, 0.05) is 6.42 Å². The number of rotatable bonds is 42. The van der Waals surface area contributed by atoms with E-state index in [-0.39, 0.29) is 24.9 Å². The van der Waals surface area contributed by atoms with Crippen LogP contribution in [0.4, 0.5) is 0 Å². The van der Waals surface area contributed by atoms with Gasteiger partial charge in [0.25, 0.3) is 0 Å². The predicted molar refractivity (Wildman–Crippen MR) is 250 cm³/mol. The second-order valence-corrected chi connectivity index (χ2v) is 16.1. The van der Waals surface area contributed by atoms with Crippen molar-refractivity contribution in [1.82, 2.24) is 5.32 Å². The molecule has 0 rings (SSSR count). The van der Waals surface area contributed by atoms with Gasteiger partial charge in [0.2, 0.25) is 5.91 Å². The maximum atomic E-state index is 13.1. The zero-order chi connectivity index (χ0) is 42.4. The molecule has 0 aromatic heterocycles. The second kappa shape index (κ2) is 45.4. The highest BCUT2D eigenvalue weighted by Crippen LogP contribution is 2.17. The Balaban J connectivity index is 4.65. The molecule has 0 fully saturated rings. The van der Waals surface area contributed by atoms with Crippen molar-refractivity contribution in [1.29, 1.82) is 0 Å². The Morgan fingerprint density at radius 2 is 0.931 bits per heavy atom. The Hall–Kier alpha value is -2.70. The van der Waals surface area contributed by atoms with Crippen LogP contribution in [0.5, 0.6) is 0 Å². The summed E-state index contributed by atoms with van der Waals surface area (Å²) in [6.07, 6.45) is 56.8. The molecule has 6 nitrogen and oxygen atoms in total. The summed E-state index contributed by atoms with van der Waals surface area (Å²) in [5.41, 5.74) is 0. The minimum absolute atomic E-state index is 0.0413. The van der Waals surface area contributed by atoms with E-state index in [1.165, 1.54) is 77.0 Å². The number of nitrogens with one attached hydrogen (secondary N) is 1. The topological polar surface area (TPSA) is 95.9 Å². The van der Waals surface area contributed by atoms with E-state index in [4.69, 9.17) is 4.74 Å². The lowest BCUT2D eigenvalue weighted by molar-refractivity contribution is -0.151. The second-order valence-electron chi connectivity index (χ2n) is 16.1. The normalized spacial score (nSPS) is 13.9. The summed E-state index contributed by atoms with van der Waals surface area (Å²) in [5.74, 6) is -0.565. The molecule has 0 aromatic rings. The highest BCUT2D eigenvalue weighted by atomic mass is 16.5. The van der Waals surface area contributed by atoms with E-state index in [0.717, 1.165) is 89.9 Å². The third-order valence-electron chi connectivity index (χ3n) is 10.5. The van der Waals surface area contributed by atoms with Crippen molar-refractivity contribution < 1.29 is 24.5 Å². The Labute approximate surface area is 358 Å². The van der Waals surface area contributed by atoms with Crippen LogP contribution < -0.4 is 5.32 Å². The number of allylic oxidation sites excluding steroid dienone is 12. The molecule has 6 heteroatoms. The van der Waals surface area contributed by atoms with Crippen LogP contribution in [-0.4, -0.2) is 46.9 Å². The zero-order valence-corrected chi connectivity index (χ0v) is 37.9. The molecule has 58 heavy (non-hydrogen) atoms. The Bertz CT molecular complexity index is 1090. The fourth-order valence-electron chi connectivity index (χ4n) is 6.87. The minimum atomic E-state index is -0.802. The van der Waals surface area contributed by atoms with Gasteiger partial charge in [0.05, 0.1) is 25.2 Å². The minimum Gasteiger partial charge on any atom is -0.462 e. The van der Waals surface area contributed by atoms with Crippen LogP contribution in [0.2, 0.25) is 0 Å². The molecule has 0 saturated heterocycles. The molecule has 0 aliphatic carbocycles. The number of carbonyl (C=O) groups is 2. The SMILES string of the molecule is CC/C=C\C/C=C\C/C=C\C/C=C\C/C=C\CCCC(=O)OC(CCCCC/C=C\CCCCC)CC(=O)NC(CO)C(O)CCCCCCCCCCCCCC. The number of hydrogen-bond donors (Lipinski definition) is 3. The fourth-order valence-corrected chi connectivity index (χ4v) is 6.87. The Kier molecular flexibility index (Phi) is 43.3. The highest BCUT2D eigenvalue weighted by Gasteiger charge is 2.24. The van der Waals surface area contributed by atoms with Gasteiger partial charge in [0.15, 0.2) is 0 Å². The van der Waals surface area contributed by atoms with E-state index >= 15 is 0 Å². The summed E-state index contributed by atoms with van der Waals surface area (Å²) in [7, 11) is 0. The van der Waals surface area contributed by atoms with Gasteiger partial charge in [0.1, 0.15) is 6.10 Å². The lowest BCUT2D eigenvalue weighted by Crippen LogP contribution is -2.46. The first-order valence-corrected chi connectivity index (χ1v) is 24.2. The van der Waals surface area contributed by atoms with Gasteiger partial charge in [-0.15, -0.1) is 0 Å². The van der Waals surface area contributed by atoms with Crippen molar-refractivity contribution in [2.45, 2.75) is 238 Å². The molecule has 0 aromatic carbocycles. The summed E-state index contributed by atoms with van der Waals surface area (Å²) in [6.45, 7) is 6.31. The number of carbonyl (C=O) groups excluding carboxylic acids is 2. The predicted octanol–water partition coefficient (Wildman–Crippen LogP) is 14.2. The molecular weight excluding hydrogens is 719 g/mol. The third-order valence-corrected chi connectivity index (χ3v) is 10.5. The fraction of sp³-hybridized carbons (Fsp3) is 0.731. The van der Waals surface area contributed by atoms with Crippen LogP contribution in [0.3, 0.4) is 0 Å². The summed E-state index contributed by atoms with van der Waals surface area (Å²) in [4.78, 5) is 26.0. The molecule has 0 heterocycles. The van der Waals surface area contributed by atoms with Gasteiger partial charge in [-0.3, -0.25) is 9.59 Å². The smallest absolute Gasteiger partial charge is 0.306 e. The van der Waals surface area contributed by atoms with Crippen molar-refractivity contribution in [3.05, 3.63) is 72.9 Å². The van der Waals surface area contributed by atoms with E-state index in [0.29, 0.717) is 25.7 Å². The first-order chi connectivity index (χ1) is 28.5. The largest absolute Gasteiger partial charge is 0.462 e. The zero-order valence-electron chi connectivity index (χ0n) is 37.9. The first-order valence-electron chi connectivity index (χ1n) is 24.2. The molecule has 1 amide bonds. The number of esters is 1. The van der Waals surface area contributed by atoms with Gasteiger partial charge in [-0.05, 0) is 89.9 Å². The van der Waals surface area contributed by atoms with Gasteiger partial charge >= 0.3 is 5.97 Å². The number of unbranched alkanes of at least 4 members (excludes halogenated alkanes) is 18. The summed E-state index contributed by atoms with van der Waals surface area (Å²) >= 11 is 0. The Morgan fingerprint density at radius 3 is 1.47 bits per heavy atom. The molecule has 0 spiro atoms. The van der Waals surface area contributed by atoms with Crippen LogP contribution in [0.1, 0.15) is 220 Å².